The van der Waals surface area contributed by atoms with Crippen molar-refractivity contribution in [3.63, 3.8) is 0 Å². The summed E-state index contributed by atoms with van der Waals surface area (Å²) in [5.41, 5.74) is 5.57. The lowest BCUT2D eigenvalue weighted by molar-refractivity contribution is -0.142. The van der Waals surface area contributed by atoms with Gasteiger partial charge in [-0.25, -0.2) is 4.79 Å². The molecule has 0 heterocycles. The number of carbonyl (C=O) groups is 2. The Hall–Kier alpha value is -3.64. The minimum atomic E-state index is -0.851. The Morgan fingerprint density at radius 1 is 0.763 bits per heavy atom. The van der Waals surface area contributed by atoms with Crippen molar-refractivity contribution in [2.75, 3.05) is 7.11 Å². The largest absolute Gasteiger partial charge is 0.467 e. The van der Waals surface area contributed by atoms with E-state index in [1.54, 1.807) is 24.3 Å². The number of esters is 1. The molecule has 0 bridgehead atoms. The highest BCUT2D eigenvalue weighted by Gasteiger charge is 2.23. The number of hydrogen-bond donors (Lipinski definition) is 2. The quantitative estimate of drug-likeness (QED) is 0.224. The van der Waals surface area contributed by atoms with Gasteiger partial charge in [-0.1, -0.05) is 102 Å². The molecule has 1 atom stereocenters. The summed E-state index contributed by atoms with van der Waals surface area (Å²) < 4.78 is 4.94. The number of benzene rings is 4. The van der Waals surface area contributed by atoms with Crippen LogP contribution in [0.25, 0.3) is 11.1 Å². The summed E-state index contributed by atoms with van der Waals surface area (Å²) in [7, 11) is 1.30. The van der Waals surface area contributed by atoms with Gasteiger partial charge in [0.25, 0.3) is 5.91 Å². The van der Waals surface area contributed by atoms with Crippen LogP contribution in [-0.2, 0) is 29.0 Å². The van der Waals surface area contributed by atoms with Gasteiger partial charge in [0.1, 0.15) is 6.04 Å². The van der Waals surface area contributed by atoms with Crippen LogP contribution < -0.4 is 10.6 Å². The maximum atomic E-state index is 12.7. The Labute approximate surface area is 232 Å². The van der Waals surface area contributed by atoms with E-state index in [4.69, 9.17) is 27.9 Å². The Morgan fingerprint density at radius 2 is 1.37 bits per heavy atom. The van der Waals surface area contributed by atoms with Crippen molar-refractivity contribution < 1.29 is 14.3 Å². The summed E-state index contributed by atoms with van der Waals surface area (Å²) in [5, 5.41) is 7.29. The van der Waals surface area contributed by atoms with E-state index in [2.05, 4.69) is 22.8 Å². The molecule has 0 unspecified atom stereocenters. The van der Waals surface area contributed by atoms with Crippen LogP contribution in [0.1, 0.15) is 27.0 Å². The molecular weight excluding hydrogens is 519 g/mol. The van der Waals surface area contributed by atoms with Crippen LogP contribution in [0.15, 0.2) is 97.1 Å². The van der Waals surface area contributed by atoms with Crippen molar-refractivity contribution in [2.45, 2.75) is 25.6 Å². The summed E-state index contributed by atoms with van der Waals surface area (Å²) in [5.74, 6) is -0.953. The first-order valence-corrected chi connectivity index (χ1v) is 13.0. The van der Waals surface area contributed by atoms with Crippen molar-refractivity contribution in [2.24, 2.45) is 0 Å². The van der Waals surface area contributed by atoms with Crippen molar-refractivity contribution in [1.29, 1.82) is 0 Å². The third kappa shape index (κ3) is 7.01. The van der Waals surface area contributed by atoms with E-state index in [-0.39, 0.29) is 6.42 Å². The summed E-state index contributed by atoms with van der Waals surface area (Å²) in [6, 6.07) is 29.8. The lowest BCUT2D eigenvalue weighted by atomic mass is 9.97. The molecule has 0 aliphatic carbocycles. The molecule has 0 saturated carbocycles. The van der Waals surface area contributed by atoms with Crippen LogP contribution >= 0.6 is 23.2 Å². The first kappa shape index (κ1) is 27.4. The summed E-state index contributed by atoms with van der Waals surface area (Å²) >= 11 is 12.4. The second kappa shape index (κ2) is 13.2. The van der Waals surface area contributed by atoms with Crippen LogP contribution in [0.5, 0.6) is 0 Å². The summed E-state index contributed by atoms with van der Waals surface area (Å²) in [6.07, 6.45) is 0.282. The summed E-state index contributed by atoms with van der Waals surface area (Å²) in [4.78, 5) is 25.2. The fraction of sp³-hybridized carbons (Fsp3) is 0.161. The Kier molecular flexibility index (Phi) is 9.55. The van der Waals surface area contributed by atoms with Gasteiger partial charge in [-0.05, 0) is 46.0 Å². The van der Waals surface area contributed by atoms with Crippen LogP contribution in [0.4, 0.5) is 0 Å². The molecule has 0 aliphatic heterocycles. The van der Waals surface area contributed by atoms with Crippen molar-refractivity contribution >= 4 is 35.1 Å². The second-order valence-electron chi connectivity index (χ2n) is 8.78. The van der Waals surface area contributed by atoms with Crippen molar-refractivity contribution in [3.8, 4) is 11.1 Å². The number of halogens is 2. The molecule has 4 aromatic rings. The number of hydrogen-bond acceptors (Lipinski definition) is 4. The van der Waals surface area contributed by atoms with Crippen LogP contribution in [-0.4, -0.2) is 25.0 Å². The predicted molar refractivity (Wildman–Crippen MR) is 152 cm³/mol. The Balaban J connectivity index is 1.45. The van der Waals surface area contributed by atoms with E-state index in [0.717, 1.165) is 32.8 Å². The molecule has 4 aromatic carbocycles. The van der Waals surface area contributed by atoms with E-state index in [1.165, 1.54) is 7.11 Å². The fourth-order valence-electron chi connectivity index (χ4n) is 4.20. The summed E-state index contributed by atoms with van der Waals surface area (Å²) in [6.45, 7) is 1.35. The van der Waals surface area contributed by atoms with Gasteiger partial charge < -0.3 is 15.4 Å². The maximum absolute atomic E-state index is 12.7. The van der Waals surface area contributed by atoms with Gasteiger partial charge in [0.05, 0.1) is 17.7 Å². The molecule has 0 radical (unpaired) electrons. The topological polar surface area (TPSA) is 67.4 Å². The van der Waals surface area contributed by atoms with Gasteiger partial charge in [-0.2, -0.15) is 0 Å². The zero-order valence-electron chi connectivity index (χ0n) is 20.9. The number of amides is 1. The van der Waals surface area contributed by atoms with Crippen molar-refractivity contribution in [1.82, 2.24) is 10.6 Å². The zero-order valence-corrected chi connectivity index (χ0v) is 22.4. The van der Waals surface area contributed by atoms with Crippen LogP contribution in [0, 0.1) is 0 Å². The lowest BCUT2D eigenvalue weighted by Gasteiger charge is -2.17. The molecular formula is C31H28Cl2N2O3. The minimum Gasteiger partial charge on any atom is -0.467 e. The standard InChI is InChI=1S/C31H28Cl2N2O3/c1-38-31(37)29(35-30(36)26-11-5-7-13-28(26)33)18-21-14-16-22(17-15-21)25-10-4-2-8-23(25)19-34-20-24-9-3-6-12-27(24)32/h2-17,29,34H,18-20H2,1H3,(H,35,36)/t29-/m0/s1. The average Bonchev–Trinajstić information content (AvgIpc) is 2.94. The zero-order chi connectivity index (χ0) is 26.9. The highest BCUT2D eigenvalue weighted by molar-refractivity contribution is 6.33. The molecule has 4 rings (SSSR count). The number of rotatable bonds is 10. The average molecular weight is 547 g/mol. The lowest BCUT2D eigenvalue weighted by Crippen LogP contribution is -2.43. The van der Waals surface area contributed by atoms with E-state index in [1.807, 2.05) is 60.7 Å². The molecule has 7 heteroatoms. The third-order valence-corrected chi connectivity index (χ3v) is 6.92. The molecule has 194 valence electrons. The molecule has 0 saturated heterocycles. The molecule has 0 fully saturated rings. The maximum Gasteiger partial charge on any atom is 0.328 e. The molecule has 0 aliphatic rings. The molecule has 2 N–H and O–H groups in total. The van der Waals surface area contributed by atoms with E-state index >= 15 is 0 Å². The number of nitrogens with one attached hydrogen (secondary N) is 2. The Bertz CT molecular complexity index is 1410. The van der Waals surface area contributed by atoms with Crippen LogP contribution in [0.2, 0.25) is 10.0 Å². The van der Waals surface area contributed by atoms with E-state index < -0.39 is 17.9 Å². The highest BCUT2D eigenvalue weighted by atomic mass is 35.5. The number of methoxy groups -OCH3 is 1. The van der Waals surface area contributed by atoms with Crippen LogP contribution in [0.3, 0.4) is 0 Å². The van der Waals surface area contributed by atoms with E-state index in [0.29, 0.717) is 23.7 Å². The first-order chi connectivity index (χ1) is 18.5. The van der Waals surface area contributed by atoms with Gasteiger partial charge in [0, 0.05) is 24.5 Å². The van der Waals surface area contributed by atoms with Gasteiger partial charge >= 0.3 is 5.97 Å². The van der Waals surface area contributed by atoms with E-state index in [9.17, 15) is 9.59 Å². The number of carbonyl (C=O) groups excluding carboxylic acids is 2. The number of ether oxygens (including phenoxy) is 1. The molecule has 1 amide bonds. The SMILES string of the molecule is COC(=O)[C@H](Cc1ccc(-c2ccccc2CNCc2ccccc2Cl)cc1)NC(=O)c1ccccc1Cl. The minimum absolute atomic E-state index is 0.282. The fourth-order valence-corrected chi connectivity index (χ4v) is 4.63. The molecule has 5 nitrogen and oxygen atoms in total. The molecule has 0 aromatic heterocycles. The molecule has 38 heavy (non-hydrogen) atoms. The van der Waals surface area contributed by atoms with Gasteiger partial charge in [0.15, 0.2) is 0 Å². The smallest absolute Gasteiger partial charge is 0.328 e. The normalized spacial score (nSPS) is 11.6. The van der Waals surface area contributed by atoms with Crippen molar-refractivity contribution in [3.05, 3.63) is 129 Å². The van der Waals surface area contributed by atoms with Gasteiger partial charge in [0.2, 0.25) is 0 Å². The Morgan fingerprint density at radius 3 is 2.05 bits per heavy atom. The first-order valence-electron chi connectivity index (χ1n) is 12.2. The second-order valence-corrected chi connectivity index (χ2v) is 9.60. The van der Waals surface area contributed by atoms with Gasteiger partial charge in [-0.3, -0.25) is 4.79 Å². The third-order valence-electron chi connectivity index (χ3n) is 6.22. The van der Waals surface area contributed by atoms with Gasteiger partial charge in [-0.15, -0.1) is 0 Å². The molecule has 0 spiro atoms. The predicted octanol–water partition coefficient (Wildman–Crippen LogP) is 6.46. The highest BCUT2D eigenvalue weighted by Crippen LogP contribution is 2.25. The monoisotopic (exact) mass is 546 g/mol.